The predicted octanol–water partition coefficient (Wildman–Crippen LogP) is 3.04. The number of ether oxygens (including phenoxy) is 3. The van der Waals surface area contributed by atoms with E-state index in [1.165, 1.54) is 11.3 Å². The van der Waals surface area contributed by atoms with Gasteiger partial charge in [0.1, 0.15) is 17.4 Å². The van der Waals surface area contributed by atoms with Gasteiger partial charge in [0.25, 0.3) is 0 Å². The van der Waals surface area contributed by atoms with E-state index in [0.29, 0.717) is 22.9 Å². The Kier molecular flexibility index (Phi) is 6.74. The Morgan fingerprint density at radius 2 is 2.18 bits per heavy atom. The summed E-state index contributed by atoms with van der Waals surface area (Å²) < 4.78 is 16.2. The van der Waals surface area contributed by atoms with Gasteiger partial charge in [0.15, 0.2) is 18.3 Å². The highest BCUT2D eigenvalue weighted by Crippen LogP contribution is 2.21. The molecular weight excluding hydrogens is 380 g/mol. The maximum atomic E-state index is 12.2. The van der Waals surface area contributed by atoms with Gasteiger partial charge in [-0.05, 0) is 44.0 Å². The summed E-state index contributed by atoms with van der Waals surface area (Å²) in [6, 6.07) is 8.41. The number of ketones is 1. The molecule has 1 aliphatic rings. The Labute approximate surface area is 166 Å². The van der Waals surface area contributed by atoms with Crippen LogP contribution in [0.4, 0.5) is 0 Å². The Hall–Kier alpha value is -2.76. The number of benzene rings is 1. The summed E-state index contributed by atoms with van der Waals surface area (Å²) in [4.78, 5) is 28.5. The Balaban J connectivity index is 1.49. The van der Waals surface area contributed by atoms with Crippen molar-refractivity contribution in [3.63, 3.8) is 0 Å². The fourth-order valence-electron chi connectivity index (χ4n) is 2.73. The van der Waals surface area contributed by atoms with Crippen molar-refractivity contribution in [2.24, 2.45) is 0 Å². The standard InChI is InChI=1S/C20H20N2O5S/c1-13-12-28-19(22-13)17(9-21)18(23)11-27-20(24)14-4-6-15(7-5-14)26-10-16-3-2-8-25-16/h4-7,12,16-17H,2-3,8,10-11H2,1H3/t16-,17+/m1/s1. The molecule has 0 saturated carbocycles. The smallest absolute Gasteiger partial charge is 0.338 e. The molecule has 0 radical (unpaired) electrons. The van der Waals surface area contributed by atoms with Crippen LogP contribution in [0.15, 0.2) is 29.6 Å². The molecule has 146 valence electrons. The third-order valence-electron chi connectivity index (χ3n) is 4.23. The summed E-state index contributed by atoms with van der Waals surface area (Å²) in [7, 11) is 0. The summed E-state index contributed by atoms with van der Waals surface area (Å²) >= 11 is 1.24. The third-order valence-corrected chi connectivity index (χ3v) is 5.26. The van der Waals surface area contributed by atoms with E-state index in [1.54, 1.807) is 36.6 Å². The fourth-order valence-corrected chi connectivity index (χ4v) is 3.59. The topological polar surface area (TPSA) is 98.5 Å². The van der Waals surface area contributed by atoms with Gasteiger partial charge in [-0.2, -0.15) is 5.26 Å². The largest absolute Gasteiger partial charge is 0.491 e. The number of nitriles is 1. The quantitative estimate of drug-likeness (QED) is 0.628. The molecule has 1 saturated heterocycles. The lowest BCUT2D eigenvalue weighted by Gasteiger charge is -2.11. The number of aryl methyl sites for hydroxylation is 1. The van der Waals surface area contributed by atoms with Gasteiger partial charge in [-0.1, -0.05) is 0 Å². The van der Waals surface area contributed by atoms with Crippen molar-refractivity contribution in [3.05, 3.63) is 45.9 Å². The second-order valence-corrected chi connectivity index (χ2v) is 7.29. The number of rotatable bonds is 8. The first-order valence-electron chi connectivity index (χ1n) is 8.92. The van der Waals surface area contributed by atoms with E-state index in [1.807, 2.05) is 6.07 Å². The number of thiazole rings is 1. The second-order valence-electron chi connectivity index (χ2n) is 6.40. The zero-order valence-corrected chi connectivity index (χ0v) is 16.2. The number of hydrogen-bond donors (Lipinski definition) is 0. The first-order valence-corrected chi connectivity index (χ1v) is 9.80. The van der Waals surface area contributed by atoms with E-state index in [2.05, 4.69) is 4.98 Å². The van der Waals surface area contributed by atoms with E-state index < -0.39 is 24.3 Å². The van der Waals surface area contributed by atoms with E-state index in [-0.39, 0.29) is 6.10 Å². The second kappa shape index (κ2) is 9.44. The molecule has 0 aliphatic carbocycles. The highest BCUT2D eigenvalue weighted by Gasteiger charge is 2.24. The number of esters is 1. The van der Waals surface area contributed by atoms with Gasteiger partial charge in [0.2, 0.25) is 0 Å². The number of nitrogens with zero attached hydrogens (tertiary/aromatic N) is 2. The molecule has 2 aromatic rings. The van der Waals surface area contributed by atoms with Gasteiger partial charge in [-0.15, -0.1) is 11.3 Å². The fraction of sp³-hybridized carbons (Fsp3) is 0.400. The zero-order valence-electron chi connectivity index (χ0n) is 15.4. The molecule has 0 spiro atoms. The van der Waals surface area contributed by atoms with Gasteiger partial charge in [0, 0.05) is 17.7 Å². The monoisotopic (exact) mass is 400 g/mol. The molecule has 7 nitrogen and oxygen atoms in total. The van der Waals surface area contributed by atoms with Crippen LogP contribution in [0.2, 0.25) is 0 Å². The molecule has 28 heavy (non-hydrogen) atoms. The summed E-state index contributed by atoms with van der Waals surface area (Å²) in [6.45, 7) is 2.55. The third kappa shape index (κ3) is 5.15. The summed E-state index contributed by atoms with van der Waals surface area (Å²) in [5.74, 6) is -1.53. The van der Waals surface area contributed by atoms with Crippen LogP contribution in [-0.2, 0) is 14.3 Å². The van der Waals surface area contributed by atoms with Gasteiger partial charge in [0.05, 0.1) is 17.7 Å². The summed E-state index contributed by atoms with van der Waals surface area (Å²) in [5, 5.41) is 11.4. The minimum atomic E-state index is -1.03. The lowest BCUT2D eigenvalue weighted by molar-refractivity contribution is -0.122. The van der Waals surface area contributed by atoms with Gasteiger partial charge in [-0.25, -0.2) is 9.78 Å². The molecule has 1 aromatic heterocycles. The van der Waals surface area contributed by atoms with Crippen LogP contribution in [0.3, 0.4) is 0 Å². The number of hydrogen-bond acceptors (Lipinski definition) is 8. The van der Waals surface area contributed by atoms with Gasteiger partial charge in [-0.3, -0.25) is 4.79 Å². The van der Waals surface area contributed by atoms with Crippen molar-refractivity contribution in [2.75, 3.05) is 19.8 Å². The molecule has 2 atom stereocenters. The van der Waals surface area contributed by atoms with Crippen molar-refractivity contribution in [1.29, 1.82) is 5.26 Å². The summed E-state index contributed by atoms with van der Waals surface area (Å²) in [6.07, 6.45) is 2.15. The molecule has 2 heterocycles. The Morgan fingerprint density at radius 3 is 2.79 bits per heavy atom. The maximum Gasteiger partial charge on any atom is 0.338 e. The average molecular weight is 400 g/mol. The highest BCUT2D eigenvalue weighted by atomic mass is 32.1. The normalized spacial score (nSPS) is 16.9. The van der Waals surface area contributed by atoms with Crippen LogP contribution < -0.4 is 4.74 Å². The zero-order chi connectivity index (χ0) is 19.9. The van der Waals surface area contributed by atoms with E-state index in [9.17, 15) is 14.9 Å². The van der Waals surface area contributed by atoms with Crippen LogP contribution in [0.5, 0.6) is 5.75 Å². The van der Waals surface area contributed by atoms with Crippen molar-refractivity contribution < 1.29 is 23.8 Å². The van der Waals surface area contributed by atoms with Crippen molar-refractivity contribution in [1.82, 2.24) is 4.98 Å². The van der Waals surface area contributed by atoms with Gasteiger partial charge >= 0.3 is 5.97 Å². The SMILES string of the molecule is Cc1csc([C@@H](C#N)C(=O)COC(=O)c2ccc(OC[C@H]3CCCO3)cc2)n1. The molecule has 1 aliphatic heterocycles. The minimum absolute atomic E-state index is 0.116. The predicted molar refractivity (Wildman–Crippen MR) is 101 cm³/mol. The summed E-state index contributed by atoms with van der Waals surface area (Å²) in [5.41, 5.74) is 1.04. The van der Waals surface area contributed by atoms with Crippen molar-refractivity contribution in [3.8, 4) is 11.8 Å². The van der Waals surface area contributed by atoms with Crippen LogP contribution in [-0.4, -0.2) is 42.7 Å². The van der Waals surface area contributed by atoms with E-state index in [0.717, 1.165) is 25.1 Å². The van der Waals surface area contributed by atoms with E-state index in [4.69, 9.17) is 14.2 Å². The number of aromatic nitrogens is 1. The molecule has 1 fully saturated rings. The van der Waals surface area contributed by atoms with Crippen LogP contribution in [0.25, 0.3) is 0 Å². The molecule has 8 heteroatoms. The average Bonchev–Trinajstić information content (AvgIpc) is 3.37. The number of carbonyl (C=O) groups excluding carboxylic acids is 2. The lowest BCUT2D eigenvalue weighted by atomic mass is 10.1. The highest BCUT2D eigenvalue weighted by molar-refractivity contribution is 7.09. The maximum absolute atomic E-state index is 12.2. The Morgan fingerprint density at radius 1 is 1.39 bits per heavy atom. The lowest BCUT2D eigenvalue weighted by Crippen LogP contribution is -2.20. The molecule has 0 bridgehead atoms. The molecule has 3 rings (SSSR count). The first-order chi connectivity index (χ1) is 13.6. The molecule has 0 N–H and O–H groups in total. The van der Waals surface area contributed by atoms with Crippen LogP contribution in [0.1, 0.15) is 39.8 Å². The Bertz CT molecular complexity index is 865. The van der Waals surface area contributed by atoms with Crippen molar-refractivity contribution >= 4 is 23.1 Å². The molecular formula is C20H20N2O5S. The minimum Gasteiger partial charge on any atom is -0.491 e. The molecule has 1 aromatic carbocycles. The molecule has 0 amide bonds. The molecule has 0 unspecified atom stereocenters. The van der Waals surface area contributed by atoms with Crippen LogP contribution in [0, 0.1) is 18.3 Å². The first kappa shape index (κ1) is 20.0. The number of carbonyl (C=O) groups is 2. The number of Topliss-reactive ketones (excluding diaryl/α,β-unsaturated/α-hetero) is 1. The van der Waals surface area contributed by atoms with Crippen LogP contribution >= 0.6 is 11.3 Å². The van der Waals surface area contributed by atoms with E-state index >= 15 is 0 Å². The van der Waals surface area contributed by atoms with Crippen molar-refractivity contribution in [2.45, 2.75) is 31.8 Å². The van der Waals surface area contributed by atoms with Gasteiger partial charge < -0.3 is 14.2 Å².